The molecular formula is C11H9FN2O. The highest BCUT2D eigenvalue weighted by Gasteiger charge is 2.01. The lowest BCUT2D eigenvalue weighted by atomic mass is 10.3. The van der Waals surface area contributed by atoms with Gasteiger partial charge in [-0.1, -0.05) is 6.07 Å². The molecule has 0 aliphatic heterocycles. The molecule has 0 atom stereocenters. The first-order valence-electron chi connectivity index (χ1n) is 4.53. The number of hydrogen-bond donors (Lipinski definition) is 0. The summed E-state index contributed by atoms with van der Waals surface area (Å²) >= 11 is 0. The van der Waals surface area contributed by atoms with E-state index in [0.29, 0.717) is 12.1 Å². The van der Waals surface area contributed by atoms with Crippen molar-refractivity contribution in [3.63, 3.8) is 0 Å². The van der Waals surface area contributed by atoms with Gasteiger partial charge in [-0.3, -0.25) is 0 Å². The van der Waals surface area contributed by atoms with Crippen LogP contribution in [-0.4, -0.2) is 16.1 Å². The Morgan fingerprint density at radius 1 is 1.47 bits per heavy atom. The van der Waals surface area contributed by atoms with E-state index >= 15 is 0 Å². The average molecular weight is 204 g/mol. The van der Waals surface area contributed by atoms with Crippen molar-refractivity contribution in [1.82, 2.24) is 9.78 Å². The first-order valence-corrected chi connectivity index (χ1v) is 4.53. The summed E-state index contributed by atoms with van der Waals surface area (Å²) < 4.78 is 14.5. The summed E-state index contributed by atoms with van der Waals surface area (Å²) in [5, 5.41) is 4.04. The quantitative estimate of drug-likeness (QED) is 0.714. The molecule has 0 N–H and O–H groups in total. The van der Waals surface area contributed by atoms with Crippen molar-refractivity contribution in [2.24, 2.45) is 0 Å². The summed E-state index contributed by atoms with van der Waals surface area (Å²) in [5.74, 6) is -0.306. The second-order valence-electron chi connectivity index (χ2n) is 3.14. The highest BCUT2D eigenvalue weighted by Crippen LogP contribution is 2.09. The molecule has 2 aromatic rings. The van der Waals surface area contributed by atoms with Gasteiger partial charge >= 0.3 is 0 Å². The number of nitrogens with zero attached hydrogens (tertiary/aromatic N) is 2. The Kier molecular flexibility index (Phi) is 2.58. The molecule has 1 aromatic carbocycles. The highest BCUT2D eigenvalue weighted by atomic mass is 19.1. The van der Waals surface area contributed by atoms with E-state index in [4.69, 9.17) is 0 Å². The summed E-state index contributed by atoms with van der Waals surface area (Å²) in [5.41, 5.74) is 1.46. The highest BCUT2D eigenvalue weighted by molar-refractivity contribution is 5.54. The lowest BCUT2D eigenvalue weighted by molar-refractivity contribution is -0.107. The molecule has 3 nitrogen and oxygen atoms in total. The van der Waals surface area contributed by atoms with Gasteiger partial charge in [0.1, 0.15) is 12.1 Å². The Morgan fingerprint density at radius 3 is 3.07 bits per heavy atom. The number of hydrogen-bond acceptors (Lipinski definition) is 2. The van der Waals surface area contributed by atoms with Gasteiger partial charge in [-0.25, -0.2) is 9.07 Å². The molecule has 0 saturated heterocycles. The fourth-order valence-corrected chi connectivity index (χ4v) is 1.32. The molecular weight excluding hydrogens is 195 g/mol. The molecule has 0 aliphatic carbocycles. The zero-order valence-corrected chi connectivity index (χ0v) is 7.93. The summed E-state index contributed by atoms with van der Waals surface area (Å²) in [6.45, 7) is 0. The van der Waals surface area contributed by atoms with Gasteiger partial charge in [0.2, 0.25) is 0 Å². The largest absolute Gasteiger partial charge is 0.303 e. The predicted molar refractivity (Wildman–Crippen MR) is 53.3 cm³/mol. The van der Waals surface area contributed by atoms with Gasteiger partial charge in [-0.15, -0.1) is 0 Å². The Morgan fingerprint density at radius 2 is 2.33 bits per heavy atom. The summed E-state index contributed by atoms with van der Waals surface area (Å²) in [7, 11) is 0. The van der Waals surface area contributed by atoms with E-state index in [1.807, 2.05) is 0 Å². The first-order chi connectivity index (χ1) is 7.29. The molecule has 0 spiro atoms. The maximum Gasteiger partial charge on any atom is 0.125 e. The molecule has 15 heavy (non-hydrogen) atoms. The van der Waals surface area contributed by atoms with Crippen molar-refractivity contribution in [3.8, 4) is 5.69 Å². The zero-order chi connectivity index (χ0) is 10.7. The summed E-state index contributed by atoms with van der Waals surface area (Å²) in [6, 6.07) is 6.13. The molecule has 2 rings (SSSR count). The van der Waals surface area contributed by atoms with E-state index in [1.165, 1.54) is 12.1 Å². The molecule has 1 aromatic heterocycles. The van der Waals surface area contributed by atoms with E-state index in [9.17, 15) is 9.18 Å². The van der Waals surface area contributed by atoms with Crippen molar-refractivity contribution in [1.29, 1.82) is 0 Å². The third-order valence-corrected chi connectivity index (χ3v) is 2.03. The second-order valence-corrected chi connectivity index (χ2v) is 3.14. The predicted octanol–water partition coefficient (Wildman–Crippen LogP) is 1.75. The summed E-state index contributed by atoms with van der Waals surface area (Å²) in [4.78, 5) is 10.3. The van der Waals surface area contributed by atoms with E-state index < -0.39 is 0 Å². The monoisotopic (exact) mass is 204 g/mol. The smallest absolute Gasteiger partial charge is 0.125 e. The zero-order valence-electron chi connectivity index (χ0n) is 7.93. The van der Waals surface area contributed by atoms with Crippen LogP contribution in [0.15, 0.2) is 36.7 Å². The van der Waals surface area contributed by atoms with Crippen molar-refractivity contribution in [2.45, 2.75) is 6.42 Å². The van der Waals surface area contributed by atoms with Crippen LogP contribution in [0.1, 0.15) is 5.56 Å². The van der Waals surface area contributed by atoms with Gasteiger partial charge in [0.15, 0.2) is 0 Å². The molecule has 76 valence electrons. The van der Waals surface area contributed by atoms with Crippen molar-refractivity contribution in [2.75, 3.05) is 0 Å². The van der Waals surface area contributed by atoms with Gasteiger partial charge in [-0.05, 0) is 23.8 Å². The third-order valence-electron chi connectivity index (χ3n) is 2.03. The molecule has 1 heterocycles. The normalized spacial score (nSPS) is 10.2. The van der Waals surface area contributed by atoms with Crippen LogP contribution in [0.4, 0.5) is 4.39 Å². The minimum Gasteiger partial charge on any atom is -0.303 e. The van der Waals surface area contributed by atoms with E-state index in [-0.39, 0.29) is 5.82 Å². The Hall–Kier alpha value is -1.97. The van der Waals surface area contributed by atoms with Crippen molar-refractivity contribution >= 4 is 6.29 Å². The maximum atomic E-state index is 12.9. The van der Waals surface area contributed by atoms with Crippen LogP contribution < -0.4 is 0 Å². The number of aromatic nitrogens is 2. The van der Waals surface area contributed by atoms with Crippen molar-refractivity contribution < 1.29 is 9.18 Å². The third kappa shape index (κ3) is 2.10. The lowest BCUT2D eigenvalue weighted by Gasteiger charge is -1.99. The summed E-state index contributed by atoms with van der Waals surface area (Å²) in [6.07, 6.45) is 4.45. The number of benzene rings is 1. The SMILES string of the molecule is O=CCc1cnn(-c2cccc(F)c2)c1. The number of aldehydes is 1. The molecule has 0 bridgehead atoms. The van der Waals surface area contributed by atoms with E-state index in [1.54, 1.807) is 29.2 Å². The number of carbonyl (C=O) groups is 1. The Balaban J connectivity index is 2.32. The minimum atomic E-state index is -0.306. The molecule has 0 radical (unpaired) electrons. The minimum absolute atomic E-state index is 0.306. The Labute approximate surface area is 86.2 Å². The number of rotatable bonds is 3. The number of halogens is 1. The average Bonchev–Trinajstić information content (AvgIpc) is 2.67. The lowest BCUT2D eigenvalue weighted by Crippen LogP contribution is -1.94. The van der Waals surface area contributed by atoms with Crippen LogP contribution >= 0.6 is 0 Å². The van der Waals surface area contributed by atoms with Crippen LogP contribution in [0.5, 0.6) is 0 Å². The van der Waals surface area contributed by atoms with E-state index in [0.717, 1.165) is 11.8 Å². The number of carbonyl (C=O) groups excluding carboxylic acids is 1. The van der Waals surface area contributed by atoms with Crippen LogP contribution in [0.3, 0.4) is 0 Å². The van der Waals surface area contributed by atoms with Gasteiger partial charge in [-0.2, -0.15) is 5.10 Å². The van der Waals surface area contributed by atoms with Gasteiger partial charge < -0.3 is 4.79 Å². The second kappa shape index (κ2) is 4.04. The Bertz CT molecular complexity index is 479. The molecule has 0 aliphatic rings. The van der Waals surface area contributed by atoms with Crippen LogP contribution in [-0.2, 0) is 11.2 Å². The molecule has 0 unspecified atom stereocenters. The fraction of sp³-hybridized carbons (Fsp3) is 0.0909. The fourth-order valence-electron chi connectivity index (χ4n) is 1.32. The van der Waals surface area contributed by atoms with E-state index in [2.05, 4.69) is 5.10 Å². The molecule has 0 saturated carbocycles. The van der Waals surface area contributed by atoms with Crippen LogP contribution in [0.2, 0.25) is 0 Å². The van der Waals surface area contributed by atoms with Gasteiger partial charge in [0, 0.05) is 12.6 Å². The van der Waals surface area contributed by atoms with Crippen molar-refractivity contribution in [3.05, 3.63) is 48.0 Å². The standard InChI is InChI=1S/C11H9FN2O/c12-10-2-1-3-11(6-10)14-8-9(4-5-15)7-13-14/h1-3,5-8H,4H2. The topological polar surface area (TPSA) is 34.9 Å². The van der Waals surface area contributed by atoms with Crippen LogP contribution in [0, 0.1) is 5.82 Å². The molecule has 0 amide bonds. The van der Waals surface area contributed by atoms with Crippen LogP contribution in [0.25, 0.3) is 5.69 Å². The molecule has 0 fully saturated rings. The first kappa shape index (κ1) is 9.58. The maximum absolute atomic E-state index is 12.9. The molecule has 4 heteroatoms. The van der Waals surface area contributed by atoms with Gasteiger partial charge in [0.05, 0.1) is 11.9 Å². The van der Waals surface area contributed by atoms with Gasteiger partial charge in [0.25, 0.3) is 0 Å².